The van der Waals surface area contributed by atoms with Gasteiger partial charge in [-0.3, -0.25) is 9.59 Å². The molecule has 4 rings (SSSR count). The Morgan fingerprint density at radius 1 is 1.30 bits per heavy atom. The SMILES string of the molecule is CN(C)C(=O)CO[C@@H]1CSC2(C1)CN(C(=O)c1cn(C)c3ccccc13)C2. The average molecular weight is 388 g/mol. The van der Waals surface area contributed by atoms with Crippen molar-refractivity contribution in [2.24, 2.45) is 7.05 Å². The maximum absolute atomic E-state index is 13.0. The Hall–Kier alpha value is -1.99. The van der Waals surface area contributed by atoms with Crippen LogP contribution in [0.4, 0.5) is 0 Å². The molecule has 2 aliphatic rings. The Balaban J connectivity index is 1.36. The number of carbonyl (C=O) groups is 2. The molecule has 0 N–H and O–H groups in total. The first-order valence-electron chi connectivity index (χ1n) is 9.18. The number of thioether (sulfide) groups is 1. The number of benzene rings is 1. The summed E-state index contributed by atoms with van der Waals surface area (Å²) in [6.07, 6.45) is 2.92. The number of ether oxygens (including phenoxy) is 1. The van der Waals surface area contributed by atoms with Gasteiger partial charge in [-0.2, -0.15) is 0 Å². The number of rotatable bonds is 4. The highest BCUT2D eigenvalue weighted by Gasteiger charge is 2.51. The van der Waals surface area contributed by atoms with Crippen LogP contribution in [-0.2, 0) is 16.6 Å². The van der Waals surface area contributed by atoms with Gasteiger partial charge in [0.1, 0.15) is 6.61 Å². The second kappa shape index (κ2) is 6.87. The summed E-state index contributed by atoms with van der Waals surface area (Å²) in [5.41, 5.74) is 1.85. The first-order chi connectivity index (χ1) is 12.9. The standard InChI is InChI=1S/C20H25N3O3S/c1-21(2)18(24)10-26-14-8-20(27-11-14)12-23(13-20)19(25)16-9-22(3)17-7-5-4-6-15(16)17/h4-7,9,14H,8,10-13H2,1-3H3/t14-/m0/s1. The van der Waals surface area contributed by atoms with Gasteiger partial charge in [0, 0.05) is 57.1 Å². The van der Waals surface area contributed by atoms with Gasteiger partial charge >= 0.3 is 0 Å². The Bertz CT molecular complexity index is 886. The predicted octanol–water partition coefficient (Wildman–Crippen LogP) is 1.98. The molecule has 6 nitrogen and oxygen atoms in total. The van der Waals surface area contributed by atoms with Crippen LogP contribution in [0, 0.1) is 0 Å². The van der Waals surface area contributed by atoms with E-state index in [0.29, 0.717) is 0 Å². The number of aromatic nitrogens is 1. The molecule has 1 aromatic heterocycles. The number of hydrogen-bond donors (Lipinski definition) is 0. The molecule has 2 amide bonds. The molecule has 1 aromatic carbocycles. The van der Waals surface area contributed by atoms with Crippen molar-refractivity contribution in [2.45, 2.75) is 17.3 Å². The smallest absolute Gasteiger partial charge is 0.256 e. The zero-order valence-electron chi connectivity index (χ0n) is 16.0. The van der Waals surface area contributed by atoms with Crippen molar-refractivity contribution in [1.29, 1.82) is 0 Å². The van der Waals surface area contributed by atoms with Crippen LogP contribution in [0.2, 0.25) is 0 Å². The highest BCUT2D eigenvalue weighted by Crippen LogP contribution is 2.46. The minimum atomic E-state index is -0.0117. The fourth-order valence-corrected chi connectivity index (χ4v) is 5.48. The minimum absolute atomic E-state index is 0.0117. The maximum Gasteiger partial charge on any atom is 0.256 e. The molecule has 2 aliphatic heterocycles. The zero-order chi connectivity index (χ0) is 19.2. The van der Waals surface area contributed by atoms with Crippen LogP contribution in [0.1, 0.15) is 16.8 Å². The molecule has 0 unspecified atom stereocenters. The Kier molecular flexibility index (Phi) is 4.68. The van der Waals surface area contributed by atoms with Crippen molar-refractivity contribution in [3.8, 4) is 0 Å². The Morgan fingerprint density at radius 2 is 2.04 bits per heavy atom. The first kappa shape index (κ1) is 18.4. The van der Waals surface area contributed by atoms with Crippen molar-refractivity contribution in [2.75, 3.05) is 39.5 Å². The van der Waals surface area contributed by atoms with E-state index < -0.39 is 0 Å². The second-order valence-corrected chi connectivity index (χ2v) is 9.24. The number of fused-ring (bicyclic) bond motifs is 1. The number of likely N-dealkylation sites (N-methyl/N-ethyl adjacent to an activating group) is 1. The van der Waals surface area contributed by atoms with Crippen LogP contribution in [0.5, 0.6) is 0 Å². The van der Waals surface area contributed by atoms with E-state index in [2.05, 4.69) is 0 Å². The largest absolute Gasteiger partial charge is 0.367 e. The third kappa shape index (κ3) is 3.34. The van der Waals surface area contributed by atoms with Gasteiger partial charge in [-0.15, -0.1) is 11.8 Å². The molecule has 2 saturated heterocycles. The zero-order valence-corrected chi connectivity index (χ0v) is 16.8. The topological polar surface area (TPSA) is 54.8 Å². The van der Waals surface area contributed by atoms with E-state index in [1.54, 1.807) is 19.0 Å². The molecule has 0 bridgehead atoms. The van der Waals surface area contributed by atoms with E-state index in [9.17, 15) is 9.59 Å². The number of nitrogens with zero attached hydrogens (tertiary/aromatic N) is 3. The van der Waals surface area contributed by atoms with Gasteiger partial charge in [-0.1, -0.05) is 18.2 Å². The Morgan fingerprint density at radius 3 is 2.78 bits per heavy atom. The molecule has 144 valence electrons. The summed E-state index contributed by atoms with van der Waals surface area (Å²) in [5, 5.41) is 1.01. The van der Waals surface area contributed by atoms with Gasteiger partial charge in [0.25, 0.3) is 5.91 Å². The quantitative estimate of drug-likeness (QED) is 0.805. The molecule has 1 atom stereocenters. The lowest BCUT2D eigenvalue weighted by molar-refractivity contribution is -0.135. The van der Waals surface area contributed by atoms with Gasteiger partial charge in [-0.25, -0.2) is 0 Å². The number of aryl methyl sites for hydroxylation is 1. The van der Waals surface area contributed by atoms with E-state index in [0.717, 1.165) is 41.7 Å². The van der Waals surface area contributed by atoms with Gasteiger partial charge in [0.05, 0.1) is 16.4 Å². The Labute approximate surface area is 163 Å². The summed E-state index contributed by atoms with van der Waals surface area (Å²) < 4.78 is 7.88. The number of para-hydroxylation sites is 1. The third-order valence-corrected chi connectivity index (χ3v) is 7.06. The molecular weight excluding hydrogens is 362 g/mol. The molecule has 0 saturated carbocycles. The molecule has 0 aliphatic carbocycles. The fraction of sp³-hybridized carbons (Fsp3) is 0.500. The molecule has 27 heavy (non-hydrogen) atoms. The van der Waals surface area contributed by atoms with Crippen LogP contribution in [-0.4, -0.2) is 76.6 Å². The number of likely N-dealkylation sites (tertiary alicyclic amines) is 1. The van der Waals surface area contributed by atoms with Crippen LogP contribution in [0.3, 0.4) is 0 Å². The normalized spacial score (nSPS) is 20.9. The summed E-state index contributed by atoms with van der Waals surface area (Å²) in [5.74, 6) is 0.976. The highest BCUT2D eigenvalue weighted by molar-refractivity contribution is 8.01. The van der Waals surface area contributed by atoms with Crippen molar-refractivity contribution in [1.82, 2.24) is 14.4 Å². The van der Waals surface area contributed by atoms with Crippen molar-refractivity contribution < 1.29 is 14.3 Å². The molecular formula is C20H25N3O3S. The van der Waals surface area contributed by atoms with Gasteiger partial charge in [0.15, 0.2) is 0 Å². The molecule has 2 fully saturated rings. The predicted molar refractivity (Wildman–Crippen MR) is 107 cm³/mol. The summed E-state index contributed by atoms with van der Waals surface area (Å²) in [7, 11) is 5.44. The summed E-state index contributed by atoms with van der Waals surface area (Å²) in [4.78, 5) is 28.2. The lowest BCUT2D eigenvalue weighted by Crippen LogP contribution is -2.60. The first-order valence-corrected chi connectivity index (χ1v) is 10.2. The highest BCUT2D eigenvalue weighted by atomic mass is 32.2. The minimum Gasteiger partial charge on any atom is -0.367 e. The van der Waals surface area contributed by atoms with Crippen LogP contribution in [0.15, 0.2) is 30.5 Å². The number of hydrogen-bond acceptors (Lipinski definition) is 4. The van der Waals surface area contributed by atoms with Crippen molar-refractivity contribution in [3.63, 3.8) is 0 Å². The van der Waals surface area contributed by atoms with Crippen LogP contribution in [0.25, 0.3) is 10.9 Å². The van der Waals surface area contributed by atoms with E-state index >= 15 is 0 Å². The summed E-state index contributed by atoms with van der Waals surface area (Å²) in [6, 6.07) is 8.01. The molecule has 3 heterocycles. The molecule has 7 heteroatoms. The van der Waals surface area contributed by atoms with Crippen LogP contribution >= 0.6 is 11.8 Å². The molecule has 0 radical (unpaired) electrons. The molecule has 2 aromatic rings. The van der Waals surface area contributed by atoms with E-state index in [4.69, 9.17) is 4.74 Å². The number of carbonyl (C=O) groups excluding carboxylic acids is 2. The summed E-state index contributed by atoms with van der Waals surface area (Å²) >= 11 is 1.88. The van der Waals surface area contributed by atoms with Gasteiger partial charge in [-0.05, 0) is 12.5 Å². The summed E-state index contributed by atoms with van der Waals surface area (Å²) in [6.45, 7) is 1.63. The van der Waals surface area contributed by atoms with Gasteiger partial charge < -0.3 is 19.1 Å². The fourth-order valence-electron chi connectivity index (χ4n) is 3.92. The van der Waals surface area contributed by atoms with Gasteiger partial charge in [0.2, 0.25) is 5.91 Å². The van der Waals surface area contributed by atoms with E-state index in [1.807, 2.05) is 58.7 Å². The monoisotopic (exact) mass is 387 g/mol. The number of amides is 2. The second-order valence-electron chi connectivity index (χ2n) is 7.75. The maximum atomic E-state index is 13.0. The third-order valence-electron chi connectivity index (χ3n) is 5.49. The van der Waals surface area contributed by atoms with Crippen molar-refractivity contribution in [3.05, 3.63) is 36.0 Å². The van der Waals surface area contributed by atoms with E-state index in [1.165, 1.54) is 0 Å². The lowest BCUT2D eigenvalue weighted by Gasteiger charge is -2.47. The average Bonchev–Trinajstić information content (AvgIpc) is 3.20. The van der Waals surface area contributed by atoms with E-state index in [-0.39, 0.29) is 29.3 Å². The lowest BCUT2D eigenvalue weighted by atomic mass is 9.92. The van der Waals surface area contributed by atoms with Crippen LogP contribution < -0.4 is 0 Å². The van der Waals surface area contributed by atoms with Crippen molar-refractivity contribution >= 4 is 34.5 Å². The molecule has 1 spiro atoms.